The van der Waals surface area contributed by atoms with Crippen molar-refractivity contribution < 1.29 is 14.7 Å². The number of benzene rings is 1. The molecule has 1 aromatic carbocycles. The second-order valence-electron chi connectivity index (χ2n) is 8.39. The zero-order valence-corrected chi connectivity index (χ0v) is 20.6. The Balaban J connectivity index is 1.99. The summed E-state index contributed by atoms with van der Waals surface area (Å²) in [5.41, 5.74) is 7.34. The highest BCUT2D eigenvalue weighted by molar-refractivity contribution is 8.00. The van der Waals surface area contributed by atoms with E-state index in [1.807, 2.05) is 13.0 Å². The van der Waals surface area contributed by atoms with Crippen LogP contribution >= 0.6 is 11.8 Å². The van der Waals surface area contributed by atoms with Crippen LogP contribution in [0, 0.1) is 28.6 Å². The molecule has 2 aromatic rings. The minimum absolute atomic E-state index is 0.0169. The number of primary amides is 1. The molecule has 1 fully saturated rings. The van der Waals surface area contributed by atoms with Crippen molar-refractivity contribution in [3.05, 3.63) is 52.6 Å². The summed E-state index contributed by atoms with van der Waals surface area (Å²) in [6, 6.07) is 13.3. The number of aliphatic hydroxyl groups excluding tert-OH is 1. The number of nitrogens with two attached hydrogens (primary N) is 1. The Kier molecular flexibility index (Phi) is 8.69. The summed E-state index contributed by atoms with van der Waals surface area (Å²) < 4.78 is 0. The third kappa shape index (κ3) is 5.73. The maximum absolute atomic E-state index is 12.9. The molecule has 1 aliphatic heterocycles. The second kappa shape index (κ2) is 11.7. The first kappa shape index (κ1) is 26.0. The van der Waals surface area contributed by atoms with E-state index in [9.17, 15) is 25.2 Å². The molecular weight excluding hydrogens is 464 g/mol. The van der Waals surface area contributed by atoms with Gasteiger partial charge in [0.1, 0.15) is 28.2 Å². The van der Waals surface area contributed by atoms with Crippen molar-refractivity contribution in [2.75, 3.05) is 38.2 Å². The van der Waals surface area contributed by atoms with Gasteiger partial charge in [0.05, 0.1) is 17.7 Å². The van der Waals surface area contributed by atoms with Crippen molar-refractivity contribution >= 4 is 29.4 Å². The van der Waals surface area contributed by atoms with Gasteiger partial charge in [-0.2, -0.15) is 10.5 Å². The molecule has 10 heteroatoms. The van der Waals surface area contributed by atoms with E-state index in [0.717, 1.165) is 18.2 Å². The number of nitriles is 2. The number of carbonyl (C=O) groups excluding carboxylic acids is 2. The molecule has 182 valence electrons. The average Bonchev–Trinajstić information content (AvgIpc) is 3.36. The second-order valence-corrected chi connectivity index (χ2v) is 9.48. The molecule has 1 saturated heterocycles. The summed E-state index contributed by atoms with van der Waals surface area (Å²) in [5, 5.41) is 28.7. The van der Waals surface area contributed by atoms with E-state index in [2.05, 4.69) is 17.1 Å². The standard InChI is InChI=1S/C25H28N6O3S/c1-3-18-19(11-26)24(30(2)14-21(33)31-10-9-16(13-31)15-32)29-25(20(18)12-27)35-22(23(28)34)17-7-5-4-6-8-17/h4-8,16,22,32H,3,9-10,13-15H2,1-2H3,(H2,28,34)/t16-,22?/m1/s1. The Morgan fingerprint density at radius 3 is 2.51 bits per heavy atom. The molecule has 3 N–H and O–H groups in total. The Bertz CT molecular complexity index is 1170. The van der Waals surface area contributed by atoms with Gasteiger partial charge in [0.2, 0.25) is 11.8 Å². The predicted octanol–water partition coefficient (Wildman–Crippen LogP) is 1.98. The minimum Gasteiger partial charge on any atom is -0.396 e. The van der Waals surface area contributed by atoms with Gasteiger partial charge in [-0.25, -0.2) is 4.98 Å². The fourth-order valence-electron chi connectivity index (χ4n) is 4.16. The lowest BCUT2D eigenvalue weighted by Gasteiger charge is -2.25. The molecule has 1 aliphatic rings. The van der Waals surface area contributed by atoms with Gasteiger partial charge in [-0.15, -0.1) is 0 Å². The zero-order chi connectivity index (χ0) is 25.5. The van der Waals surface area contributed by atoms with Crippen LogP contribution in [0.2, 0.25) is 0 Å². The molecule has 0 saturated carbocycles. The fourth-order valence-corrected chi connectivity index (χ4v) is 5.22. The number of aromatic nitrogens is 1. The van der Waals surface area contributed by atoms with Gasteiger partial charge >= 0.3 is 0 Å². The first-order chi connectivity index (χ1) is 16.8. The fraction of sp³-hybridized carbons (Fsp3) is 0.400. The van der Waals surface area contributed by atoms with Crippen LogP contribution in [0.4, 0.5) is 5.82 Å². The molecule has 0 radical (unpaired) electrons. The van der Waals surface area contributed by atoms with E-state index in [-0.39, 0.29) is 46.9 Å². The maximum Gasteiger partial charge on any atom is 0.242 e. The number of hydrogen-bond donors (Lipinski definition) is 2. The molecule has 1 aromatic heterocycles. The van der Waals surface area contributed by atoms with Crippen LogP contribution in [0.25, 0.3) is 0 Å². The van der Waals surface area contributed by atoms with Gasteiger partial charge in [0.15, 0.2) is 0 Å². The SMILES string of the molecule is CCc1c(C#N)c(SC(C(N)=O)c2ccccc2)nc(N(C)CC(=O)N2CC[C@@H](CO)C2)c1C#N. The number of likely N-dealkylation sites (tertiary alicyclic amines) is 1. The Morgan fingerprint density at radius 1 is 1.29 bits per heavy atom. The summed E-state index contributed by atoms with van der Waals surface area (Å²) >= 11 is 1.06. The third-order valence-corrected chi connectivity index (χ3v) is 7.31. The molecule has 0 spiro atoms. The van der Waals surface area contributed by atoms with Crippen LogP contribution in [0.1, 0.15) is 40.8 Å². The molecule has 9 nitrogen and oxygen atoms in total. The Morgan fingerprint density at radius 2 is 1.97 bits per heavy atom. The predicted molar refractivity (Wildman–Crippen MR) is 132 cm³/mol. The van der Waals surface area contributed by atoms with E-state index in [0.29, 0.717) is 30.6 Å². The van der Waals surface area contributed by atoms with Crippen molar-refractivity contribution in [3.63, 3.8) is 0 Å². The lowest BCUT2D eigenvalue weighted by Crippen LogP contribution is -2.38. The molecule has 1 unspecified atom stereocenters. The Labute approximate surface area is 209 Å². The number of rotatable bonds is 9. The van der Waals surface area contributed by atoms with Crippen molar-refractivity contribution in [2.45, 2.75) is 30.0 Å². The number of amides is 2. The maximum atomic E-state index is 12.9. The first-order valence-electron chi connectivity index (χ1n) is 11.3. The van der Waals surface area contributed by atoms with Crippen LogP contribution in [0.3, 0.4) is 0 Å². The Hall–Kier alpha value is -3.60. The number of hydrogen-bond acceptors (Lipinski definition) is 8. The molecule has 3 rings (SSSR count). The van der Waals surface area contributed by atoms with Gasteiger partial charge in [-0.3, -0.25) is 9.59 Å². The van der Waals surface area contributed by atoms with Crippen molar-refractivity contribution in [1.29, 1.82) is 10.5 Å². The number of aliphatic hydroxyl groups is 1. The van der Waals surface area contributed by atoms with Gasteiger partial charge in [-0.1, -0.05) is 49.0 Å². The highest BCUT2D eigenvalue weighted by Crippen LogP contribution is 2.39. The monoisotopic (exact) mass is 492 g/mol. The molecular formula is C25H28N6O3S. The number of thioether (sulfide) groups is 1. The smallest absolute Gasteiger partial charge is 0.242 e. The third-order valence-electron chi connectivity index (χ3n) is 6.05. The van der Waals surface area contributed by atoms with E-state index in [1.165, 1.54) is 0 Å². The van der Waals surface area contributed by atoms with E-state index in [4.69, 9.17) is 5.73 Å². The van der Waals surface area contributed by atoms with Crippen LogP contribution in [0.15, 0.2) is 35.4 Å². The van der Waals surface area contributed by atoms with Crippen LogP contribution in [0.5, 0.6) is 0 Å². The van der Waals surface area contributed by atoms with Crippen LogP contribution in [-0.2, 0) is 16.0 Å². The van der Waals surface area contributed by atoms with Crippen molar-refractivity contribution in [1.82, 2.24) is 9.88 Å². The number of anilines is 1. The van der Waals surface area contributed by atoms with Crippen LogP contribution < -0.4 is 10.6 Å². The molecule has 0 aliphatic carbocycles. The molecule has 35 heavy (non-hydrogen) atoms. The normalized spacial score (nSPS) is 15.8. The summed E-state index contributed by atoms with van der Waals surface area (Å²) in [6.45, 7) is 2.92. The van der Waals surface area contributed by atoms with Crippen LogP contribution in [-0.4, -0.2) is 60.1 Å². The first-order valence-corrected chi connectivity index (χ1v) is 12.2. The quantitative estimate of drug-likeness (QED) is 0.505. The minimum atomic E-state index is -0.784. The summed E-state index contributed by atoms with van der Waals surface area (Å²) in [5.74, 6) is -0.365. The van der Waals surface area contributed by atoms with Gasteiger partial charge in [0, 0.05) is 32.7 Å². The topological polar surface area (TPSA) is 147 Å². The molecule has 0 bridgehead atoms. The van der Waals surface area contributed by atoms with E-state index < -0.39 is 11.2 Å². The largest absolute Gasteiger partial charge is 0.396 e. The van der Waals surface area contributed by atoms with Gasteiger partial charge < -0.3 is 20.6 Å². The summed E-state index contributed by atoms with van der Waals surface area (Å²) in [6.07, 6.45) is 1.15. The van der Waals surface area contributed by atoms with Crippen molar-refractivity contribution in [3.8, 4) is 12.1 Å². The molecule has 2 atom stereocenters. The van der Waals surface area contributed by atoms with Gasteiger partial charge in [-0.05, 0) is 24.0 Å². The lowest BCUT2D eigenvalue weighted by molar-refractivity contribution is -0.128. The highest BCUT2D eigenvalue weighted by Gasteiger charge is 2.29. The summed E-state index contributed by atoms with van der Waals surface area (Å²) in [4.78, 5) is 33.1. The van der Waals surface area contributed by atoms with Gasteiger partial charge in [0.25, 0.3) is 0 Å². The molecule has 2 heterocycles. The summed E-state index contributed by atoms with van der Waals surface area (Å²) in [7, 11) is 1.67. The van der Waals surface area contributed by atoms with E-state index in [1.54, 1.807) is 41.1 Å². The number of carbonyl (C=O) groups is 2. The average molecular weight is 493 g/mol. The van der Waals surface area contributed by atoms with Crippen molar-refractivity contribution in [2.24, 2.45) is 11.7 Å². The number of likely N-dealkylation sites (N-methyl/N-ethyl adjacent to an activating group) is 1. The molecule has 2 amide bonds. The number of nitrogens with zero attached hydrogens (tertiary/aromatic N) is 5. The zero-order valence-electron chi connectivity index (χ0n) is 19.8. The highest BCUT2D eigenvalue weighted by atomic mass is 32.2. The van der Waals surface area contributed by atoms with E-state index >= 15 is 0 Å². The number of pyridine rings is 1. The lowest BCUT2D eigenvalue weighted by atomic mass is 10.0.